The van der Waals surface area contributed by atoms with E-state index in [2.05, 4.69) is 0 Å². The Kier molecular flexibility index (Phi) is 5.01. The number of carbonyl (C=O) groups excluding carboxylic acids is 1. The Morgan fingerprint density at radius 3 is 2.50 bits per heavy atom. The molecule has 0 aliphatic carbocycles. The predicted molar refractivity (Wildman–Crippen MR) is 72.3 cm³/mol. The van der Waals surface area contributed by atoms with E-state index in [0.717, 1.165) is 11.8 Å². The Balaban J connectivity index is 2.75. The summed E-state index contributed by atoms with van der Waals surface area (Å²) in [6.07, 6.45) is 1.28. The topological polar surface area (TPSA) is 63.2 Å². The molecule has 1 N–H and O–H groups in total. The van der Waals surface area contributed by atoms with Crippen molar-refractivity contribution in [2.24, 2.45) is 5.92 Å². The molecule has 1 amide bonds. The van der Waals surface area contributed by atoms with Crippen LogP contribution in [-0.2, 0) is 21.2 Å². The van der Waals surface area contributed by atoms with Crippen LogP contribution in [0.25, 0.3) is 0 Å². The average Bonchev–Trinajstić information content (AvgIpc) is 2.19. The van der Waals surface area contributed by atoms with E-state index in [-0.39, 0.29) is 0 Å². The lowest BCUT2D eigenvalue weighted by Gasteiger charge is -2.12. The molecule has 7 heteroatoms. The maximum Gasteiger partial charge on any atom is 0.236 e. The summed E-state index contributed by atoms with van der Waals surface area (Å²) in [6.45, 7) is 1.63. The van der Waals surface area contributed by atoms with Crippen LogP contribution in [0.1, 0.15) is 12.5 Å². The van der Waals surface area contributed by atoms with Crippen molar-refractivity contribution in [3.8, 4) is 0 Å². The fourth-order valence-corrected chi connectivity index (χ4v) is 2.45. The number of benzene rings is 1. The van der Waals surface area contributed by atoms with Gasteiger partial charge in [0.05, 0.1) is 6.26 Å². The monoisotopic (exact) mass is 309 g/mol. The van der Waals surface area contributed by atoms with E-state index < -0.39 is 21.8 Å². The first kappa shape index (κ1) is 15.3. The molecule has 18 heavy (non-hydrogen) atoms. The van der Waals surface area contributed by atoms with Crippen molar-refractivity contribution in [2.75, 3.05) is 6.26 Å². The fourth-order valence-electron chi connectivity index (χ4n) is 1.39. The van der Waals surface area contributed by atoms with Gasteiger partial charge in [-0.15, -0.1) is 0 Å². The minimum Gasteiger partial charge on any atom is -0.274 e. The molecule has 1 unspecified atom stereocenters. The van der Waals surface area contributed by atoms with Crippen LogP contribution in [0, 0.1) is 5.92 Å². The van der Waals surface area contributed by atoms with E-state index >= 15 is 0 Å². The summed E-state index contributed by atoms with van der Waals surface area (Å²) >= 11 is 11.7. The van der Waals surface area contributed by atoms with Gasteiger partial charge in [-0.05, 0) is 24.1 Å². The molecule has 100 valence electrons. The Morgan fingerprint density at radius 2 is 2.00 bits per heavy atom. The second kappa shape index (κ2) is 5.91. The molecule has 0 radical (unpaired) electrons. The molecule has 1 aromatic rings. The van der Waals surface area contributed by atoms with Crippen molar-refractivity contribution >= 4 is 39.1 Å². The van der Waals surface area contributed by atoms with Gasteiger partial charge >= 0.3 is 0 Å². The van der Waals surface area contributed by atoms with E-state index in [1.54, 1.807) is 25.1 Å². The van der Waals surface area contributed by atoms with E-state index in [4.69, 9.17) is 23.2 Å². The van der Waals surface area contributed by atoms with Gasteiger partial charge in [-0.3, -0.25) is 9.52 Å². The largest absolute Gasteiger partial charge is 0.274 e. The third-order valence-corrected chi connectivity index (χ3v) is 3.43. The molecule has 0 heterocycles. The van der Waals surface area contributed by atoms with Crippen LogP contribution in [0.5, 0.6) is 0 Å². The zero-order valence-electron chi connectivity index (χ0n) is 9.91. The SMILES string of the molecule is CC(Cc1ccc(Cl)cc1Cl)C(=O)NS(C)(=O)=O. The second-order valence-electron chi connectivity index (χ2n) is 4.08. The van der Waals surface area contributed by atoms with Gasteiger partial charge in [0.2, 0.25) is 15.9 Å². The second-order valence-corrected chi connectivity index (χ2v) is 6.67. The molecule has 0 aromatic heterocycles. The summed E-state index contributed by atoms with van der Waals surface area (Å²) in [4.78, 5) is 11.6. The van der Waals surface area contributed by atoms with Gasteiger partial charge in [0.15, 0.2) is 0 Å². The van der Waals surface area contributed by atoms with Gasteiger partial charge in [0.1, 0.15) is 0 Å². The molecule has 1 atom stereocenters. The van der Waals surface area contributed by atoms with Crippen LogP contribution in [0.15, 0.2) is 18.2 Å². The van der Waals surface area contributed by atoms with Gasteiger partial charge in [0.25, 0.3) is 0 Å². The quantitative estimate of drug-likeness (QED) is 0.928. The van der Waals surface area contributed by atoms with Crippen LogP contribution >= 0.6 is 23.2 Å². The molecule has 0 aliphatic heterocycles. The van der Waals surface area contributed by atoms with Crippen molar-refractivity contribution in [3.63, 3.8) is 0 Å². The lowest BCUT2D eigenvalue weighted by molar-refractivity contribution is -0.122. The van der Waals surface area contributed by atoms with Crippen molar-refractivity contribution < 1.29 is 13.2 Å². The van der Waals surface area contributed by atoms with Crippen LogP contribution < -0.4 is 4.72 Å². The molecule has 0 bridgehead atoms. The summed E-state index contributed by atoms with van der Waals surface area (Å²) in [7, 11) is -3.53. The highest BCUT2D eigenvalue weighted by Crippen LogP contribution is 2.23. The zero-order valence-corrected chi connectivity index (χ0v) is 12.2. The van der Waals surface area contributed by atoms with E-state index in [9.17, 15) is 13.2 Å². The fraction of sp³-hybridized carbons (Fsp3) is 0.364. The third-order valence-electron chi connectivity index (χ3n) is 2.27. The molecule has 0 spiro atoms. The first-order valence-corrected chi connectivity index (χ1v) is 7.79. The van der Waals surface area contributed by atoms with Crippen molar-refractivity contribution in [3.05, 3.63) is 33.8 Å². The van der Waals surface area contributed by atoms with Crippen molar-refractivity contribution in [2.45, 2.75) is 13.3 Å². The summed E-state index contributed by atoms with van der Waals surface area (Å²) in [5.74, 6) is -1.05. The van der Waals surface area contributed by atoms with Gasteiger partial charge in [-0.1, -0.05) is 36.2 Å². The molecular formula is C11H13Cl2NO3S. The maximum atomic E-state index is 11.6. The molecule has 0 fully saturated rings. The third kappa shape index (κ3) is 4.84. The number of hydrogen-bond acceptors (Lipinski definition) is 3. The van der Waals surface area contributed by atoms with Gasteiger partial charge < -0.3 is 0 Å². The van der Waals surface area contributed by atoms with Crippen LogP contribution in [0.4, 0.5) is 0 Å². The Hall–Kier alpha value is -0.780. The molecule has 0 saturated heterocycles. The number of rotatable bonds is 4. The molecular weight excluding hydrogens is 297 g/mol. The summed E-state index contributed by atoms with van der Waals surface area (Å²) < 4.78 is 23.8. The summed E-state index contributed by atoms with van der Waals surface area (Å²) in [5.41, 5.74) is 0.747. The number of nitrogens with one attached hydrogen (secondary N) is 1. The molecule has 1 rings (SSSR count). The summed E-state index contributed by atoms with van der Waals surface area (Å²) in [5, 5.41) is 0.971. The minimum absolute atomic E-state index is 0.345. The standard InChI is InChI=1S/C11H13Cl2NO3S/c1-7(11(15)14-18(2,16)17)5-8-3-4-9(12)6-10(8)13/h3-4,6-7H,5H2,1-2H3,(H,14,15). The maximum absolute atomic E-state index is 11.6. The molecule has 0 saturated carbocycles. The lowest BCUT2D eigenvalue weighted by atomic mass is 10.0. The Labute approximate surface area is 116 Å². The Bertz CT molecular complexity index is 557. The molecule has 1 aromatic carbocycles. The first-order valence-electron chi connectivity index (χ1n) is 5.14. The zero-order chi connectivity index (χ0) is 13.9. The van der Waals surface area contributed by atoms with Gasteiger partial charge in [0, 0.05) is 16.0 Å². The number of amides is 1. The van der Waals surface area contributed by atoms with E-state index in [1.807, 2.05) is 4.72 Å². The highest BCUT2D eigenvalue weighted by atomic mass is 35.5. The summed E-state index contributed by atoms with van der Waals surface area (Å²) in [6, 6.07) is 4.97. The minimum atomic E-state index is -3.53. The number of hydrogen-bond donors (Lipinski definition) is 1. The van der Waals surface area contributed by atoms with Crippen LogP contribution in [-0.4, -0.2) is 20.6 Å². The predicted octanol–water partition coefficient (Wildman–Crippen LogP) is 2.25. The van der Waals surface area contributed by atoms with Crippen molar-refractivity contribution in [1.29, 1.82) is 0 Å². The highest BCUT2D eigenvalue weighted by Gasteiger charge is 2.18. The van der Waals surface area contributed by atoms with Crippen LogP contribution in [0.3, 0.4) is 0 Å². The van der Waals surface area contributed by atoms with E-state index in [0.29, 0.717) is 16.5 Å². The normalized spacial score (nSPS) is 13.1. The number of halogens is 2. The number of sulfonamides is 1. The highest BCUT2D eigenvalue weighted by molar-refractivity contribution is 7.89. The van der Waals surface area contributed by atoms with Gasteiger partial charge in [-0.25, -0.2) is 8.42 Å². The lowest BCUT2D eigenvalue weighted by Crippen LogP contribution is -2.34. The average molecular weight is 310 g/mol. The van der Waals surface area contributed by atoms with E-state index in [1.165, 1.54) is 0 Å². The molecule has 0 aliphatic rings. The Morgan fingerprint density at radius 1 is 1.39 bits per heavy atom. The van der Waals surface area contributed by atoms with Crippen molar-refractivity contribution in [1.82, 2.24) is 4.72 Å². The molecule has 4 nitrogen and oxygen atoms in total. The number of carbonyl (C=O) groups is 1. The van der Waals surface area contributed by atoms with Crippen LogP contribution in [0.2, 0.25) is 10.0 Å². The first-order chi connectivity index (χ1) is 8.19. The smallest absolute Gasteiger partial charge is 0.236 e. The van der Waals surface area contributed by atoms with Gasteiger partial charge in [-0.2, -0.15) is 0 Å².